The average Bonchev–Trinajstić information content (AvgIpc) is 3.84. The summed E-state index contributed by atoms with van der Waals surface area (Å²) >= 11 is 1.57. The van der Waals surface area contributed by atoms with Gasteiger partial charge in [0.05, 0.1) is 115 Å². The summed E-state index contributed by atoms with van der Waals surface area (Å²) in [7, 11) is 0. The number of hydrogen-bond donors (Lipinski definition) is 4. The number of aromatic nitrogens is 1. The normalized spacial score (nSPS) is 15.9. The number of aliphatic hydroxyl groups excluding tert-OH is 1. The fourth-order valence-electron chi connectivity index (χ4n) is 6.01. The van der Waals surface area contributed by atoms with Gasteiger partial charge in [0.2, 0.25) is 17.7 Å². The van der Waals surface area contributed by atoms with Crippen molar-refractivity contribution in [3.8, 4) is 10.4 Å². The highest BCUT2D eigenvalue weighted by Crippen LogP contribution is 2.28. The molecule has 2 aromatic rings. The number of hydrogen-bond acceptors (Lipinski definition) is 15. The summed E-state index contributed by atoms with van der Waals surface area (Å²) in [4.78, 5) is 57.2. The number of ether oxygens (including phenoxy) is 8. The molecule has 18 nitrogen and oxygen atoms in total. The van der Waals surface area contributed by atoms with Crippen LogP contribution in [0.2, 0.25) is 0 Å². The Kier molecular flexibility index (Phi) is 25.1. The smallest absolute Gasteiger partial charge is 0.303 e. The van der Waals surface area contributed by atoms with E-state index in [9.17, 15) is 24.3 Å². The number of aliphatic carboxylic acids is 1. The van der Waals surface area contributed by atoms with Gasteiger partial charge in [0.1, 0.15) is 18.7 Å². The number of carboxylic acids is 1. The number of carboxylic acid groups (broad SMARTS) is 1. The Morgan fingerprint density at radius 3 is 1.74 bits per heavy atom. The summed E-state index contributed by atoms with van der Waals surface area (Å²) in [6.45, 7) is 13.2. The van der Waals surface area contributed by atoms with Gasteiger partial charge in [-0.15, -0.1) is 11.3 Å². The van der Waals surface area contributed by atoms with Crippen LogP contribution in [-0.4, -0.2) is 174 Å². The molecule has 61 heavy (non-hydrogen) atoms. The molecule has 19 heteroatoms. The fraction of sp³-hybridized carbons (Fsp3) is 0.690. The molecule has 344 valence electrons. The zero-order chi connectivity index (χ0) is 44.3. The summed E-state index contributed by atoms with van der Waals surface area (Å²) in [6.07, 6.45) is -0.186. The number of nitrogens with one attached hydrogen (secondary N) is 2. The van der Waals surface area contributed by atoms with Gasteiger partial charge in [-0.25, -0.2) is 4.98 Å². The maximum Gasteiger partial charge on any atom is 0.303 e. The van der Waals surface area contributed by atoms with Crippen LogP contribution in [0.15, 0.2) is 29.8 Å². The van der Waals surface area contributed by atoms with Gasteiger partial charge in [0.15, 0.2) is 0 Å². The SMILES string of the molecule is Cc1ncsc1-c1ccc(CNC(=O)C2CC(O)CN2C(=O)C(NC(=O)COCCOCCOCCOCCOCCOCCOCCOCCCC(=O)O)C(C)(C)C)cc1. The number of thiazole rings is 1. The molecule has 3 amide bonds. The van der Waals surface area contributed by atoms with Crippen molar-refractivity contribution >= 4 is 35.0 Å². The predicted octanol–water partition coefficient (Wildman–Crippen LogP) is 2.23. The van der Waals surface area contributed by atoms with Gasteiger partial charge in [-0.3, -0.25) is 19.2 Å². The maximum absolute atomic E-state index is 13.8. The van der Waals surface area contributed by atoms with Gasteiger partial charge >= 0.3 is 5.97 Å². The first-order chi connectivity index (χ1) is 29.4. The third kappa shape index (κ3) is 21.3. The Bertz CT molecular complexity index is 1560. The Hall–Kier alpha value is -3.63. The number of amides is 3. The molecule has 1 aliphatic heterocycles. The highest BCUT2D eigenvalue weighted by atomic mass is 32.1. The van der Waals surface area contributed by atoms with Crippen molar-refractivity contribution in [3.05, 3.63) is 41.0 Å². The van der Waals surface area contributed by atoms with Crippen molar-refractivity contribution in [2.24, 2.45) is 5.41 Å². The number of likely N-dealkylation sites (tertiary alicyclic amines) is 1. The monoisotopic (exact) mass is 882 g/mol. The van der Waals surface area contributed by atoms with Crippen LogP contribution in [0, 0.1) is 12.3 Å². The van der Waals surface area contributed by atoms with Crippen LogP contribution in [-0.2, 0) is 63.6 Å². The molecule has 1 aromatic heterocycles. The molecule has 1 aromatic carbocycles. The lowest BCUT2D eigenvalue weighted by molar-refractivity contribution is -0.144. The largest absolute Gasteiger partial charge is 0.481 e. The molecule has 1 aliphatic rings. The number of carbonyl (C=O) groups is 4. The summed E-state index contributed by atoms with van der Waals surface area (Å²) in [6, 6.07) is 6.00. The van der Waals surface area contributed by atoms with Gasteiger partial charge in [0.25, 0.3) is 0 Å². The van der Waals surface area contributed by atoms with Crippen molar-refractivity contribution in [2.45, 2.75) is 71.7 Å². The van der Waals surface area contributed by atoms with E-state index in [0.717, 1.165) is 21.7 Å². The molecule has 0 aliphatic carbocycles. The number of β-amino-alcohol motifs (C(OH)–C–C–N with tert-alkyl or cyclic N) is 1. The lowest BCUT2D eigenvalue weighted by atomic mass is 9.85. The van der Waals surface area contributed by atoms with E-state index in [4.69, 9.17) is 43.0 Å². The van der Waals surface area contributed by atoms with E-state index in [0.29, 0.717) is 92.3 Å². The molecule has 0 saturated carbocycles. The molecule has 3 rings (SSSR count). The molecular formula is C42H66N4O14S. The van der Waals surface area contributed by atoms with Crippen LogP contribution < -0.4 is 10.6 Å². The van der Waals surface area contributed by atoms with Crippen LogP contribution in [0.3, 0.4) is 0 Å². The van der Waals surface area contributed by atoms with Gasteiger partial charge in [-0.1, -0.05) is 45.0 Å². The van der Waals surface area contributed by atoms with E-state index in [1.54, 1.807) is 11.3 Å². The topological polar surface area (TPSA) is 223 Å². The van der Waals surface area contributed by atoms with Crippen molar-refractivity contribution in [1.29, 1.82) is 0 Å². The quantitative estimate of drug-likeness (QED) is 0.0755. The number of benzene rings is 1. The van der Waals surface area contributed by atoms with Gasteiger partial charge in [0, 0.05) is 32.5 Å². The van der Waals surface area contributed by atoms with E-state index in [1.807, 2.05) is 57.5 Å². The molecule has 4 N–H and O–H groups in total. The van der Waals surface area contributed by atoms with Crippen molar-refractivity contribution in [1.82, 2.24) is 20.5 Å². The fourth-order valence-corrected chi connectivity index (χ4v) is 6.82. The molecule has 1 fully saturated rings. The Balaban J connectivity index is 1.18. The third-order valence-corrected chi connectivity index (χ3v) is 10.2. The van der Waals surface area contributed by atoms with Crippen LogP contribution in [0.4, 0.5) is 0 Å². The van der Waals surface area contributed by atoms with Crippen LogP contribution in [0.1, 0.15) is 51.3 Å². The Morgan fingerprint density at radius 1 is 0.787 bits per heavy atom. The first kappa shape index (κ1) is 51.7. The molecule has 0 radical (unpaired) electrons. The second-order valence-electron chi connectivity index (χ2n) is 15.3. The predicted molar refractivity (Wildman–Crippen MR) is 225 cm³/mol. The van der Waals surface area contributed by atoms with E-state index >= 15 is 0 Å². The number of carbonyl (C=O) groups excluding carboxylic acids is 3. The number of rotatable bonds is 33. The summed E-state index contributed by atoms with van der Waals surface area (Å²) in [5.74, 6) is -2.13. The first-order valence-corrected chi connectivity index (χ1v) is 21.6. The molecular weight excluding hydrogens is 817 g/mol. The Labute approximate surface area is 362 Å². The molecule has 2 heterocycles. The highest BCUT2D eigenvalue weighted by molar-refractivity contribution is 7.13. The van der Waals surface area contributed by atoms with Crippen LogP contribution in [0.5, 0.6) is 0 Å². The molecule has 0 bridgehead atoms. The lowest BCUT2D eigenvalue weighted by Gasteiger charge is -2.35. The van der Waals surface area contributed by atoms with Gasteiger partial charge in [-0.2, -0.15) is 0 Å². The zero-order valence-electron chi connectivity index (χ0n) is 36.1. The summed E-state index contributed by atoms with van der Waals surface area (Å²) in [5, 5.41) is 24.7. The summed E-state index contributed by atoms with van der Waals surface area (Å²) in [5.41, 5.74) is 4.01. The van der Waals surface area contributed by atoms with E-state index in [1.165, 1.54) is 4.90 Å². The molecule has 0 spiro atoms. The molecule has 3 atom stereocenters. The number of aryl methyl sites for hydroxylation is 1. The minimum atomic E-state index is -0.961. The number of nitrogens with zero attached hydrogens (tertiary/aromatic N) is 2. The van der Waals surface area contributed by atoms with Crippen molar-refractivity contribution in [2.75, 3.05) is 112 Å². The average molecular weight is 883 g/mol. The number of aliphatic hydroxyl groups is 1. The first-order valence-electron chi connectivity index (χ1n) is 20.8. The van der Waals surface area contributed by atoms with Crippen LogP contribution >= 0.6 is 11.3 Å². The standard InChI is InChI=1S/C42H66N4O14S/c1-31-38(61-30-44-31)33-9-7-32(8-10-33)27-43-40(51)35-26-34(47)28-46(35)41(52)39(42(2,3)4)45-36(48)29-60-25-24-59-23-22-58-21-20-57-19-18-56-17-16-55-15-14-54-13-12-53-11-5-6-37(49)50/h7-10,30,34-35,39,47H,5-6,11-29H2,1-4H3,(H,43,51)(H,45,48)(H,49,50). The highest BCUT2D eigenvalue weighted by Gasteiger charge is 2.44. The third-order valence-electron chi connectivity index (χ3n) is 9.23. The maximum atomic E-state index is 13.8. The second kappa shape index (κ2) is 29.6. The van der Waals surface area contributed by atoms with E-state index in [2.05, 4.69) is 15.6 Å². The van der Waals surface area contributed by atoms with Crippen molar-refractivity contribution in [3.63, 3.8) is 0 Å². The minimum absolute atomic E-state index is 0.0161. The lowest BCUT2D eigenvalue weighted by Crippen LogP contribution is -2.58. The van der Waals surface area contributed by atoms with Crippen LogP contribution in [0.25, 0.3) is 10.4 Å². The second-order valence-corrected chi connectivity index (χ2v) is 16.1. The van der Waals surface area contributed by atoms with Gasteiger partial charge < -0.3 is 63.6 Å². The van der Waals surface area contributed by atoms with E-state index < -0.39 is 41.4 Å². The van der Waals surface area contributed by atoms with Crippen molar-refractivity contribution < 1.29 is 67.3 Å². The minimum Gasteiger partial charge on any atom is -0.481 e. The molecule has 3 unspecified atom stereocenters. The molecule has 1 saturated heterocycles. The van der Waals surface area contributed by atoms with Gasteiger partial charge in [-0.05, 0) is 29.9 Å². The van der Waals surface area contributed by atoms with E-state index in [-0.39, 0.29) is 51.7 Å². The summed E-state index contributed by atoms with van der Waals surface area (Å²) < 4.78 is 43.5. The zero-order valence-corrected chi connectivity index (χ0v) is 36.9. The Morgan fingerprint density at radius 2 is 1.28 bits per heavy atom.